The van der Waals surface area contributed by atoms with Gasteiger partial charge in [0.1, 0.15) is 24.0 Å². The quantitative estimate of drug-likeness (QED) is 0.330. The number of hydrogen-bond acceptors (Lipinski definition) is 7. The summed E-state index contributed by atoms with van der Waals surface area (Å²) >= 11 is 0. The van der Waals surface area contributed by atoms with E-state index in [1.54, 1.807) is 6.92 Å². The Kier molecular flexibility index (Phi) is 5.72. The van der Waals surface area contributed by atoms with Crippen molar-refractivity contribution < 1.29 is 33.3 Å². The maximum atomic E-state index is 15.1. The average Bonchev–Trinajstić information content (AvgIpc) is 3.30. The standard InChI is InChI=1S/C29H24F2N2O7/c1-4-29(38)20-10-23-25-24(11-32(23)27(36)19(20)12-40-28(29)37)33(15-5-14(30)6-16(7-15)39-3)22-9-17(13(2)34)21(31)8-18(22)26(25)35/h5-10,13,34,38H,4,11-12H2,1-3H3/t13?,29-/m0/s1. The summed E-state index contributed by atoms with van der Waals surface area (Å²) in [4.78, 5) is 40.1. The molecule has 6 rings (SSSR count). The van der Waals surface area contributed by atoms with Gasteiger partial charge in [-0.2, -0.15) is 0 Å². The van der Waals surface area contributed by atoms with Gasteiger partial charge in [0.15, 0.2) is 11.0 Å². The van der Waals surface area contributed by atoms with Crippen LogP contribution in [0, 0.1) is 11.6 Å². The van der Waals surface area contributed by atoms with Crippen molar-refractivity contribution in [3.63, 3.8) is 0 Å². The number of hydrogen-bond donors (Lipinski definition) is 2. The van der Waals surface area contributed by atoms with Crippen LogP contribution in [0.2, 0.25) is 0 Å². The number of nitrogens with zero attached hydrogens (tertiary/aromatic N) is 2. The number of ether oxygens (including phenoxy) is 2. The predicted octanol–water partition coefficient (Wildman–Crippen LogP) is 3.18. The molecular weight excluding hydrogens is 526 g/mol. The molecule has 1 unspecified atom stereocenters. The van der Waals surface area contributed by atoms with E-state index in [9.17, 15) is 29.0 Å². The molecule has 2 aromatic heterocycles. The smallest absolute Gasteiger partial charge is 0.343 e. The van der Waals surface area contributed by atoms with Crippen molar-refractivity contribution in [1.82, 2.24) is 9.13 Å². The molecule has 9 nitrogen and oxygen atoms in total. The molecule has 2 aliphatic heterocycles. The molecule has 11 heteroatoms. The van der Waals surface area contributed by atoms with Gasteiger partial charge in [-0.25, -0.2) is 13.6 Å². The lowest BCUT2D eigenvalue weighted by Gasteiger charge is -2.31. The third-order valence-electron chi connectivity index (χ3n) is 7.79. The Labute approximate surface area is 225 Å². The van der Waals surface area contributed by atoms with Crippen molar-refractivity contribution in [3.05, 3.63) is 91.0 Å². The van der Waals surface area contributed by atoms with Gasteiger partial charge in [-0.1, -0.05) is 6.92 Å². The van der Waals surface area contributed by atoms with E-state index in [0.717, 1.165) is 6.07 Å². The largest absolute Gasteiger partial charge is 0.497 e. The minimum atomic E-state index is -2.09. The molecule has 0 spiro atoms. The molecule has 4 heterocycles. The summed E-state index contributed by atoms with van der Waals surface area (Å²) in [5, 5.41) is 21.3. The molecule has 2 atom stereocenters. The SMILES string of the molecule is CC[C@@]1(O)C(=O)OCc2c1cc1n(c2=O)Cc2c-1c(=O)c1cc(F)c(C(C)O)cc1n2-c1cc(F)cc(OC)c1. The van der Waals surface area contributed by atoms with Crippen LogP contribution in [0.5, 0.6) is 5.75 Å². The first kappa shape index (κ1) is 25.9. The van der Waals surface area contributed by atoms with Gasteiger partial charge in [0.25, 0.3) is 5.56 Å². The Morgan fingerprint density at radius 2 is 1.88 bits per heavy atom. The van der Waals surface area contributed by atoms with E-state index in [0.29, 0.717) is 5.69 Å². The van der Waals surface area contributed by atoms with Crippen molar-refractivity contribution in [2.45, 2.75) is 45.1 Å². The number of aromatic nitrogens is 2. The van der Waals surface area contributed by atoms with Gasteiger partial charge >= 0.3 is 5.97 Å². The van der Waals surface area contributed by atoms with Crippen LogP contribution in [0.15, 0.2) is 46.0 Å². The highest BCUT2D eigenvalue weighted by Gasteiger charge is 2.45. The van der Waals surface area contributed by atoms with E-state index >= 15 is 4.39 Å². The number of cyclic esters (lactones) is 1. The molecule has 2 aliphatic rings. The third-order valence-corrected chi connectivity index (χ3v) is 7.79. The van der Waals surface area contributed by atoms with Gasteiger partial charge < -0.3 is 28.8 Å². The van der Waals surface area contributed by atoms with Gasteiger partial charge in [-0.05, 0) is 37.6 Å². The van der Waals surface area contributed by atoms with Crippen LogP contribution < -0.4 is 15.7 Å². The molecule has 2 N–H and O–H groups in total. The van der Waals surface area contributed by atoms with Gasteiger partial charge in [-0.15, -0.1) is 0 Å². The highest BCUT2D eigenvalue weighted by atomic mass is 19.1. The molecule has 206 valence electrons. The first-order chi connectivity index (χ1) is 19.0. The number of halogens is 2. The van der Waals surface area contributed by atoms with Gasteiger partial charge in [0.2, 0.25) is 0 Å². The molecule has 4 aromatic rings. The summed E-state index contributed by atoms with van der Waals surface area (Å²) in [5.74, 6) is -2.17. The maximum absolute atomic E-state index is 15.1. The first-order valence-electron chi connectivity index (χ1n) is 12.6. The molecule has 0 bridgehead atoms. The van der Waals surface area contributed by atoms with Crippen molar-refractivity contribution in [1.29, 1.82) is 0 Å². The minimum absolute atomic E-state index is 0.0391. The molecule has 0 saturated heterocycles. The number of pyridine rings is 2. The normalized spacial score (nSPS) is 18.2. The van der Waals surface area contributed by atoms with Gasteiger partial charge in [-0.3, -0.25) is 9.59 Å². The first-order valence-corrected chi connectivity index (χ1v) is 12.6. The van der Waals surface area contributed by atoms with E-state index in [2.05, 4.69) is 0 Å². The van der Waals surface area contributed by atoms with E-state index in [4.69, 9.17) is 9.47 Å². The van der Waals surface area contributed by atoms with Gasteiger partial charge in [0.05, 0.1) is 53.5 Å². The van der Waals surface area contributed by atoms with Crippen LogP contribution in [0.25, 0.3) is 27.8 Å². The molecule has 2 aromatic carbocycles. The highest BCUT2D eigenvalue weighted by Crippen LogP contribution is 2.40. The Hall–Kier alpha value is -4.35. The number of carbonyl (C=O) groups excluding carboxylic acids is 1. The fourth-order valence-corrected chi connectivity index (χ4v) is 5.71. The molecule has 0 radical (unpaired) electrons. The summed E-state index contributed by atoms with van der Waals surface area (Å²) in [7, 11) is 1.37. The maximum Gasteiger partial charge on any atom is 0.343 e. The zero-order valence-corrected chi connectivity index (χ0v) is 21.7. The van der Waals surface area contributed by atoms with Crippen LogP contribution in [0.3, 0.4) is 0 Å². The summed E-state index contributed by atoms with van der Waals surface area (Å²) in [6.45, 7) is 2.47. The predicted molar refractivity (Wildman–Crippen MR) is 139 cm³/mol. The lowest BCUT2D eigenvalue weighted by atomic mass is 9.85. The molecule has 0 amide bonds. The van der Waals surface area contributed by atoms with Crippen LogP contribution >= 0.6 is 0 Å². The van der Waals surface area contributed by atoms with E-state index in [-0.39, 0.29) is 69.9 Å². The number of fused-ring (bicyclic) bond motifs is 5. The highest BCUT2D eigenvalue weighted by molar-refractivity contribution is 5.89. The van der Waals surface area contributed by atoms with Crippen molar-refractivity contribution in [2.75, 3.05) is 7.11 Å². The Bertz CT molecular complexity index is 1890. The van der Waals surface area contributed by atoms with E-state index in [1.165, 1.54) is 53.5 Å². The molecule has 0 saturated carbocycles. The van der Waals surface area contributed by atoms with Crippen LogP contribution in [0.1, 0.15) is 48.8 Å². The summed E-state index contributed by atoms with van der Waals surface area (Å²) in [6, 6.07) is 7.66. The van der Waals surface area contributed by atoms with Crippen LogP contribution in [0.4, 0.5) is 8.78 Å². The van der Waals surface area contributed by atoms with Crippen molar-refractivity contribution in [3.8, 4) is 22.7 Å². The zero-order valence-electron chi connectivity index (χ0n) is 21.7. The van der Waals surface area contributed by atoms with Crippen LogP contribution in [-0.4, -0.2) is 32.4 Å². The van der Waals surface area contributed by atoms with Crippen LogP contribution in [-0.2, 0) is 28.3 Å². The lowest BCUT2D eigenvalue weighted by molar-refractivity contribution is -0.172. The van der Waals surface area contributed by atoms with Gasteiger partial charge in [0, 0.05) is 28.6 Å². The Morgan fingerprint density at radius 3 is 2.55 bits per heavy atom. The molecule has 0 fully saturated rings. The second-order valence-corrected chi connectivity index (χ2v) is 10.0. The number of esters is 1. The number of aliphatic hydroxyl groups excluding tert-OH is 1. The lowest BCUT2D eigenvalue weighted by Crippen LogP contribution is -2.44. The number of aliphatic hydroxyl groups is 2. The number of methoxy groups -OCH3 is 1. The number of benzene rings is 2. The second kappa shape index (κ2) is 8.83. The number of rotatable bonds is 4. The van der Waals surface area contributed by atoms with Crippen molar-refractivity contribution >= 4 is 16.9 Å². The second-order valence-electron chi connectivity index (χ2n) is 10.0. The third kappa shape index (κ3) is 3.47. The fraction of sp³-hybridized carbons (Fsp3) is 0.276. The summed E-state index contributed by atoms with van der Waals surface area (Å²) in [6.07, 6.45) is -1.29. The summed E-state index contributed by atoms with van der Waals surface area (Å²) in [5.41, 5.74) is -2.33. The average molecular weight is 551 g/mol. The Balaban J connectivity index is 1.77. The fourth-order valence-electron chi connectivity index (χ4n) is 5.71. The van der Waals surface area contributed by atoms with Crippen molar-refractivity contribution in [2.24, 2.45) is 0 Å². The summed E-state index contributed by atoms with van der Waals surface area (Å²) < 4.78 is 43.0. The minimum Gasteiger partial charge on any atom is -0.497 e. The Morgan fingerprint density at radius 1 is 1.12 bits per heavy atom. The molecular formula is C29H24F2N2O7. The zero-order chi connectivity index (χ0) is 28.7. The number of carbonyl (C=O) groups is 1. The topological polar surface area (TPSA) is 120 Å². The van der Waals surface area contributed by atoms with E-state index in [1.807, 2.05) is 0 Å². The molecule has 0 aliphatic carbocycles. The van der Waals surface area contributed by atoms with E-state index < -0.39 is 40.3 Å². The monoisotopic (exact) mass is 550 g/mol. The molecule has 40 heavy (non-hydrogen) atoms.